The molecule has 0 atom stereocenters. The Kier molecular flexibility index (Phi) is 3.74. The Morgan fingerprint density at radius 3 is 2.19 bits per heavy atom. The standard InChI is InChI=1S/C15H25N3O2S/c1-14(2)13(15(14,3)4)9-18-12-7-6-10(8-11(12)16)21(19,20)17-5/h6-8,13,17-18H,9,16H2,1-5H3. The van der Waals surface area contributed by atoms with E-state index in [9.17, 15) is 8.42 Å². The van der Waals surface area contributed by atoms with E-state index >= 15 is 0 Å². The van der Waals surface area contributed by atoms with Crippen molar-refractivity contribution < 1.29 is 8.42 Å². The fourth-order valence-electron chi connectivity index (χ4n) is 3.04. The summed E-state index contributed by atoms with van der Waals surface area (Å²) in [5, 5.41) is 3.34. The molecule has 1 aromatic rings. The van der Waals surface area contributed by atoms with Crippen molar-refractivity contribution in [1.82, 2.24) is 4.72 Å². The van der Waals surface area contributed by atoms with Gasteiger partial charge in [-0.1, -0.05) is 27.7 Å². The number of hydrogen-bond acceptors (Lipinski definition) is 4. The molecule has 2 rings (SSSR count). The van der Waals surface area contributed by atoms with Crippen LogP contribution in [0.15, 0.2) is 23.1 Å². The Morgan fingerprint density at radius 2 is 1.76 bits per heavy atom. The number of nitrogen functional groups attached to an aromatic ring is 1. The van der Waals surface area contributed by atoms with E-state index < -0.39 is 10.0 Å². The van der Waals surface area contributed by atoms with Crippen LogP contribution in [0.3, 0.4) is 0 Å². The molecule has 0 spiro atoms. The lowest BCUT2D eigenvalue weighted by atomic mass is 10.0. The van der Waals surface area contributed by atoms with Gasteiger partial charge in [0.05, 0.1) is 16.3 Å². The minimum absolute atomic E-state index is 0.181. The molecular weight excluding hydrogens is 286 g/mol. The minimum Gasteiger partial charge on any atom is -0.397 e. The van der Waals surface area contributed by atoms with E-state index in [0.29, 0.717) is 22.4 Å². The van der Waals surface area contributed by atoms with Gasteiger partial charge in [0.1, 0.15) is 0 Å². The van der Waals surface area contributed by atoms with E-state index in [2.05, 4.69) is 37.7 Å². The monoisotopic (exact) mass is 311 g/mol. The number of rotatable bonds is 5. The largest absolute Gasteiger partial charge is 0.397 e. The summed E-state index contributed by atoms with van der Waals surface area (Å²) < 4.78 is 25.7. The van der Waals surface area contributed by atoms with Crippen LogP contribution >= 0.6 is 0 Å². The Hall–Kier alpha value is -1.27. The fraction of sp³-hybridized carbons (Fsp3) is 0.600. The number of hydrogen-bond donors (Lipinski definition) is 3. The van der Waals surface area contributed by atoms with E-state index in [1.54, 1.807) is 12.1 Å². The molecule has 0 unspecified atom stereocenters. The van der Waals surface area contributed by atoms with Gasteiger partial charge < -0.3 is 11.1 Å². The Balaban J connectivity index is 2.10. The van der Waals surface area contributed by atoms with Gasteiger partial charge in [-0.2, -0.15) is 0 Å². The molecule has 0 aliphatic heterocycles. The second-order valence-corrected chi connectivity index (χ2v) is 8.72. The number of anilines is 2. The van der Waals surface area contributed by atoms with Gasteiger partial charge in [-0.3, -0.25) is 0 Å². The van der Waals surface area contributed by atoms with Crippen molar-refractivity contribution >= 4 is 21.4 Å². The number of sulfonamides is 1. The van der Waals surface area contributed by atoms with Crippen LogP contribution < -0.4 is 15.8 Å². The molecule has 1 saturated carbocycles. The lowest BCUT2D eigenvalue weighted by Gasteiger charge is -2.12. The highest BCUT2D eigenvalue weighted by Gasteiger charge is 2.64. The van der Waals surface area contributed by atoms with Crippen molar-refractivity contribution in [1.29, 1.82) is 0 Å². The van der Waals surface area contributed by atoms with Crippen molar-refractivity contribution in [3.05, 3.63) is 18.2 Å². The van der Waals surface area contributed by atoms with Crippen LogP contribution in [0.5, 0.6) is 0 Å². The van der Waals surface area contributed by atoms with Crippen LogP contribution in [0.4, 0.5) is 11.4 Å². The van der Waals surface area contributed by atoms with E-state index in [1.807, 2.05) is 0 Å². The molecule has 0 saturated heterocycles. The predicted molar refractivity (Wildman–Crippen MR) is 86.6 cm³/mol. The zero-order valence-electron chi connectivity index (χ0n) is 13.3. The van der Waals surface area contributed by atoms with Crippen LogP contribution in [0, 0.1) is 16.7 Å². The first-order valence-corrected chi connectivity index (χ1v) is 8.59. The molecule has 1 aromatic carbocycles. The average molecular weight is 311 g/mol. The van der Waals surface area contributed by atoms with Crippen molar-refractivity contribution in [2.75, 3.05) is 24.6 Å². The molecule has 1 aliphatic carbocycles. The summed E-state index contributed by atoms with van der Waals surface area (Å²) in [5.41, 5.74) is 7.81. The number of benzene rings is 1. The summed E-state index contributed by atoms with van der Waals surface area (Å²) in [6.07, 6.45) is 0. The summed E-state index contributed by atoms with van der Waals surface area (Å²) in [4.78, 5) is 0.181. The summed E-state index contributed by atoms with van der Waals surface area (Å²) >= 11 is 0. The summed E-state index contributed by atoms with van der Waals surface area (Å²) in [5.74, 6) is 0.574. The van der Waals surface area contributed by atoms with E-state index in [1.165, 1.54) is 13.1 Å². The van der Waals surface area contributed by atoms with Gasteiger partial charge in [-0.05, 0) is 42.0 Å². The molecule has 0 radical (unpaired) electrons. The van der Waals surface area contributed by atoms with Crippen molar-refractivity contribution in [3.8, 4) is 0 Å². The Labute approximate surface area is 127 Å². The average Bonchev–Trinajstić information content (AvgIpc) is 2.78. The Morgan fingerprint density at radius 1 is 1.19 bits per heavy atom. The predicted octanol–water partition coefficient (Wildman–Crippen LogP) is 2.27. The van der Waals surface area contributed by atoms with Crippen LogP contribution in [-0.4, -0.2) is 22.0 Å². The molecule has 0 aromatic heterocycles. The highest BCUT2D eigenvalue weighted by atomic mass is 32.2. The van der Waals surface area contributed by atoms with Gasteiger partial charge in [0.25, 0.3) is 0 Å². The SMILES string of the molecule is CNS(=O)(=O)c1ccc(NCC2C(C)(C)C2(C)C)c(N)c1. The molecule has 1 aliphatic rings. The lowest BCUT2D eigenvalue weighted by molar-refractivity contribution is 0.457. The molecule has 0 amide bonds. The van der Waals surface area contributed by atoms with Crippen LogP contribution in [-0.2, 0) is 10.0 Å². The molecule has 1 fully saturated rings. The lowest BCUT2D eigenvalue weighted by Crippen LogP contribution is -2.19. The second-order valence-electron chi connectivity index (χ2n) is 6.83. The molecule has 0 bridgehead atoms. The Bertz CT molecular complexity index is 637. The topological polar surface area (TPSA) is 84.2 Å². The summed E-state index contributed by atoms with van der Waals surface area (Å²) in [6.45, 7) is 9.91. The third-order valence-corrected chi connectivity index (χ3v) is 6.83. The fourth-order valence-corrected chi connectivity index (χ4v) is 3.81. The van der Waals surface area contributed by atoms with Gasteiger partial charge in [0, 0.05) is 6.54 Å². The molecular formula is C15H25N3O2S. The number of nitrogens with two attached hydrogens (primary N) is 1. The smallest absolute Gasteiger partial charge is 0.240 e. The zero-order chi connectivity index (χ0) is 16.1. The van der Waals surface area contributed by atoms with Gasteiger partial charge in [0.15, 0.2) is 0 Å². The molecule has 118 valence electrons. The van der Waals surface area contributed by atoms with Gasteiger partial charge in [-0.25, -0.2) is 13.1 Å². The van der Waals surface area contributed by atoms with Crippen LogP contribution in [0.25, 0.3) is 0 Å². The highest BCUT2D eigenvalue weighted by Crippen LogP contribution is 2.68. The first kappa shape index (κ1) is 16.1. The summed E-state index contributed by atoms with van der Waals surface area (Å²) in [6, 6.07) is 4.77. The molecule has 0 heterocycles. The van der Waals surface area contributed by atoms with Crippen molar-refractivity contribution in [2.24, 2.45) is 16.7 Å². The maximum atomic E-state index is 11.7. The maximum Gasteiger partial charge on any atom is 0.240 e. The maximum absolute atomic E-state index is 11.7. The van der Waals surface area contributed by atoms with Gasteiger partial charge >= 0.3 is 0 Å². The zero-order valence-corrected chi connectivity index (χ0v) is 14.1. The number of nitrogens with one attached hydrogen (secondary N) is 2. The molecule has 6 heteroatoms. The van der Waals surface area contributed by atoms with Crippen LogP contribution in [0.1, 0.15) is 27.7 Å². The molecule has 4 N–H and O–H groups in total. The third-order valence-electron chi connectivity index (χ3n) is 5.42. The van der Waals surface area contributed by atoms with Crippen molar-refractivity contribution in [2.45, 2.75) is 32.6 Å². The molecule has 5 nitrogen and oxygen atoms in total. The van der Waals surface area contributed by atoms with Crippen LogP contribution in [0.2, 0.25) is 0 Å². The highest BCUT2D eigenvalue weighted by molar-refractivity contribution is 7.89. The quantitative estimate of drug-likeness (QED) is 0.728. The van der Waals surface area contributed by atoms with Gasteiger partial charge in [-0.15, -0.1) is 0 Å². The first-order chi connectivity index (χ1) is 9.54. The minimum atomic E-state index is -3.45. The van der Waals surface area contributed by atoms with E-state index in [0.717, 1.165) is 12.2 Å². The molecule has 21 heavy (non-hydrogen) atoms. The summed E-state index contributed by atoms with van der Waals surface area (Å²) in [7, 11) is -2.07. The second kappa shape index (κ2) is 4.88. The van der Waals surface area contributed by atoms with E-state index in [-0.39, 0.29) is 4.90 Å². The van der Waals surface area contributed by atoms with Crippen molar-refractivity contribution in [3.63, 3.8) is 0 Å². The van der Waals surface area contributed by atoms with E-state index in [4.69, 9.17) is 5.73 Å². The normalized spacial score (nSPS) is 20.2. The first-order valence-electron chi connectivity index (χ1n) is 7.11. The third kappa shape index (κ3) is 2.62. The van der Waals surface area contributed by atoms with Gasteiger partial charge in [0.2, 0.25) is 10.0 Å².